The largest absolute Gasteiger partial charge is 0.352 e. The van der Waals surface area contributed by atoms with Gasteiger partial charge in [-0.25, -0.2) is 0 Å². The molecule has 0 aliphatic heterocycles. The quantitative estimate of drug-likeness (QED) is 0.664. The zero-order chi connectivity index (χ0) is 17.4. The highest BCUT2D eigenvalue weighted by atomic mass is 32.1. The third-order valence-corrected chi connectivity index (χ3v) is 5.36. The fraction of sp³-hybridized carbons (Fsp3) is 0.500. The lowest BCUT2D eigenvalue weighted by Crippen LogP contribution is -2.25. The predicted octanol–water partition coefficient (Wildman–Crippen LogP) is 3.65. The zero-order valence-electron chi connectivity index (χ0n) is 13.9. The van der Waals surface area contributed by atoms with E-state index in [0.717, 1.165) is 17.8 Å². The van der Waals surface area contributed by atoms with Crippen molar-refractivity contribution in [2.75, 3.05) is 11.9 Å². The summed E-state index contributed by atoms with van der Waals surface area (Å²) in [6, 6.07) is 1.78. The maximum atomic E-state index is 11.9. The molecule has 0 bridgehead atoms. The molecule has 0 aliphatic rings. The molecule has 2 heterocycles. The maximum absolute atomic E-state index is 11.9. The number of hydrogen-bond acceptors (Lipinski definition) is 6. The highest BCUT2D eigenvalue weighted by molar-refractivity contribution is 7.15. The summed E-state index contributed by atoms with van der Waals surface area (Å²) in [7, 11) is 0. The number of aromatic nitrogens is 2. The molecule has 0 saturated heterocycles. The van der Waals surface area contributed by atoms with Gasteiger partial charge in [0.05, 0.1) is 0 Å². The van der Waals surface area contributed by atoms with Crippen LogP contribution in [0.15, 0.2) is 16.8 Å². The Morgan fingerprint density at radius 1 is 1.25 bits per heavy atom. The monoisotopic (exact) mass is 366 g/mol. The number of nitrogens with one attached hydrogen (secondary N) is 2. The van der Waals surface area contributed by atoms with E-state index < -0.39 is 0 Å². The molecular formula is C16H22N4O2S2. The lowest BCUT2D eigenvalue weighted by atomic mass is 10.1. The van der Waals surface area contributed by atoms with Gasteiger partial charge in [-0.1, -0.05) is 25.2 Å². The summed E-state index contributed by atoms with van der Waals surface area (Å²) >= 11 is 2.92. The average molecular weight is 367 g/mol. The molecule has 2 aromatic rings. The number of hydrogen-bond donors (Lipinski definition) is 2. The minimum Gasteiger partial charge on any atom is -0.352 e. The van der Waals surface area contributed by atoms with Crippen LogP contribution < -0.4 is 10.6 Å². The van der Waals surface area contributed by atoms with Crippen molar-refractivity contribution in [3.05, 3.63) is 27.4 Å². The number of carbonyl (C=O) groups excluding carboxylic acids is 2. The van der Waals surface area contributed by atoms with Crippen molar-refractivity contribution in [1.29, 1.82) is 0 Å². The normalized spacial score (nSPS) is 10.8. The number of carbonyl (C=O) groups is 2. The van der Waals surface area contributed by atoms with Gasteiger partial charge in [-0.15, -0.1) is 10.2 Å². The van der Waals surface area contributed by atoms with Gasteiger partial charge in [0.15, 0.2) is 0 Å². The Morgan fingerprint density at radius 2 is 2.04 bits per heavy atom. The SMILES string of the molecule is CCC(CC)c1nnc(NC(=O)CCCNC(=O)c2ccsc2)s1. The third-order valence-electron chi connectivity index (χ3n) is 3.67. The minimum atomic E-state index is -0.105. The van der Waals surface area contributed by atoms with Crippen LogP contribution in [0.1, 0.15) is 60.8 Å². The summed E-state index contributed by atoms with van der Waals surface area (Å²) < 4.78 is 0. The minimum absolute atomic E-state index is 0.101. The number of nitrogens with zero attached hydrogens (tertiary/aromatic N) is 2. The molecule has 0 aromatic carbocycles. The molecule has 130 valence electrons. The van der Waals surface area contributed by atoms with Gasteiger partial charge >= 0.3 is 0 Å². The molecule has 6 nitrogen and oxygen atoms in total. The predicted molar refractivity (Wildman–Crippen MR) is 97.7 cm³/mol. The third kappa shape index (κ3) is 5.38. The van der Waals surface area contributed by atoms with Gasteiger partial charge in [0.2, 0.25) is 11.0 Å². The van der Waals surface area contributed by atoms with Crippen LogP contribution in [-0.4, -0.2) is 28.6 Å². The van der Waals surface area contributed by atoms with E-state index in [0.29, 0.717) is 36.0 Å². The van der Waals surface area contributed by atoms with Crippen LogP contribution in [0.5, 0.6) is 0 Å². The smallest absolute Gasteiger partial charge is 0.252 e. The second kappa shape index (κ2) is 9.48. The summed E-state index contributed by atoms with van der Waals surface area (Å²) in [6.45, 7) is 4.72. The highest BCUT2D eigenvalue weighted by Gasteiger charge is 2.14. The van der Waals surface area contributed by atoms with Gasteiger partial charge in [0.1, 0.15) is 5.01 Å². The number of amides is 2. The second-order valence-corrected chi connectivity index (χ2v) is 7.17. The second-order valence-electron chi connectivity index (χ2n) is 5.38. The lowest BCUT2D eigenvalue weighted by Gasteiger charge is -2.06. The van der Waals surface area contributed by atoms with E-state index in [1.165, 1.54) is 22.7 Å². The van der Waals surface area contributed by atoms with Gasteiger partial charge in [0, 0.05) is 29.8 Å². The van der Waals surface area contributed by atoms with Crippen LogP contribution in [0, 0.1) is 0 Å². The first-order valence-corrected chi connectivity index (χ1v) is 9.83. The number of rotatable bonds is 9. The Labute approximate surface area is 149 Å². The molecule has 0 unspecified atom stereocenters. The first kappa shape index (κ1) is 18.5. The Balaban J connectivity index is 1.69. The zero-order valence-corrected chi connectivity index (χ0v) is 15.5. The van der Waals surface area contributed by atoms with Crippen LogP contribution in [0.4, 0.5) is 5.13 Å². The van der Waals surface area contributed by atoms with Crippen LogP contribution in [0.25, 0.3) is 0 Å². The van der Waals surface area contributed by atoms with Gasteiger partial charge in [-0.05, 0) is 30.7 Å². The van der Waals surface area contributed by atoms with Gasteiger partial charge in [0.25, 0.3) is 5.91 Å². The molecule has 0 spiro atoms. The Kier molecular flexibility index (Phi) is 7.33. The molecule has 24 heavy (non-hydrogen) atoms. The summed E-state index contributed by atoms with van der Waals surface area (Å²) in [6.07, 6.45) is 2.95. The number of anilines is 1. The van der Waals surface area contributed by atoms with E-state index in [1.807, 2.05) is 5.38 Å². The van der Waals surface area contributed by atoms with E-state index in [2.05, 4.69) is 34.7 Å². The van der Waals surface area contributed by atoms with Crippen molar-refractivity contribution >= 4 is 39.6 Å². The topological polar surface area (TPSA) is 84.0 Å². The summed E-state index contributed by atoms with van der Waals surface area (Å²) in [5.74, 6) is 0.197. The standard InChI is InChI=1S/C16H22N4O2S2/c1-3-11(4-2)15-19-20-16(24-15)18-13(21)6-5-8-17-14(22)12-7-9-23-10-12/h7,9-11H,3-6,8H2,1-2H3,(H,17,22)(H,18,20,21). The van der Waals surface area contributed by atoms with Crippen LogP contribution in [0.3, 0.4) is 0 Å². The van der Waals surface area contributed by atoms with E-state index >= 15 is 0 Å². The fourth-order valence-electron chi connectivity index (χ4n) is 2.22. The summed E-state index contributed by atoms with van der Waals surface area (Å²) in [5.41, 5.74) is 0.659. The van der Waals surface area contributed by atoms with E-state index in [9.17, 15) is 9.59 Å². The Hall–Kier alpha value is -1.80. The highest BCUT2D eigenvalue weighted by Crippen LogP contribution is 2.28. The van der Waals surface area contributed by atoms with Crippen molar-refractivity contribution in [1.82, 2.24) is 15.5 Å². The summed E-state index contributed by atoms with van der Waals surface area (Å²) in [4.78, 5) is 23.7. The van der Waals surface area contributed by atoms with Crippen LogP contribution in [-0.2, 0) is 4.79 Å². The molecule has 8 heteroatoms. The van der Waals surface area contributed by atoms with Crippen LogP contribution >= 0.6 is 22.7 Å². The maximum Gasteiger partial charge on any atom is 0.252 e. The van der Waals surface area contributed by atoms with Crippen molar-refractivity contribution in [3.63, 3.8) is 0 Å². The number of thiophene rings is 1. The first-order valence-electron chi connectivity index (χ1n) is 8.07. The molecule has 2 rings (SSSR count). The molecule has 0 aliphatic carbocycles. The molecule has 2 N–H and O–H groups in total. The van der Waals surface area contributed by atoms with Crippen molar-refractivity contribution < 1.29 is 9.59 Å². The van der Waals surface area contributed by atoms with Gasteiger partial charge in [-0.2, -0.15) is 11.3 Å². The van der Waals surface area contributed by atoms with Gasteiger partial charge < -0.3 is 10.6 Å². The molecule has 0 fully saturated rings. The molecule has 2 aromatic heterocycles. The van der Waals surface area contributed by atoms with Crippen molar-refractivity contribution in [3.8, 4) is 0 Å². The fourth-order valence-corrected chi connectivity index (χ4v) is 3.88. The first-order chi connectivity index (χ1) is 11.6. The van der Waals surface area contributed by atoms with Crippen molar-refractivity contribution in [2.24, 2.45) is 0 Å². The molecule has 0 saturated carbocycles. The molecular weight excluding hydrogens is 344 g/mol. The van der Waals surface area contributed by atoms with E-state index in [1.54, 1.807) is 11.4 Å². The van der Waals surface area contributed by atoms with Gasteiger partial charge in [-0.3, -0.25) is 9.59 Å². The van der Waals surface area contributed by atoms with E-state index in [4.69, 9.17) is 0 Å². The lowest BCUT2D eigenvalue weighted by molar-refractivity contribution is -0.116. The molecule has 2 amide bonds. The average Bonchev–Trinajstić information content (AvgIpc) is 3.25. The van der Waals surface area contributed by atoms with E-state index in [-0.39, 0.29) is 11.8 Å². The van der Waals surface area contributed by atoms with Crippen LogP contribution in [0.2, 0.25) is 0 Å². The molecule has 0 radical (unpaired) electrons. The molecule has 0 atom stereocenters. The Morgan fingerprint density at radius 3 is 2.71 bits per heavy atom. The van der Waals surface area contributed by atoms with Crippen molar-refractivity contribution in [2.45, 2.75) is 45.4 Å². The Bertz CT molecular complexity index is 651. The summed E-state index contributed by atoms with van der Waals surface area (Å²) in [5, 5.41) is 18.9.